The molecule has 13 heteroatoms. The van der Waals surface area contributed by atoms with E-state index in [1.54, 1.807) is 60.4 Å². The molecule has 192 valence electrons. The molecule has 3 amide bonds. The number of rotatable bonds is 5. The highest BCUT2D eigenvalue weighted by Crippen LogP contribution is 2.36. The number of amides is 3. The van der Waals surface area contributed by atoms with Gasteiger partial charge in [-0.3, -0.25) is 14.7 Å². The Morgan fingerprint density at radius 1 is 0.895 bits per heavy atom. The lowest BCUT2D eigenvalue weighted by molar-refractivity contribution is -0.137. The molecule has 8 nitrogen and oxygen atoms in total. The molecule has 2 heterocycles. The van der Waals surface area contributed by atoms with E-state index in [0.717, 1.165) is 23.3 Å². The molecule has 0 atom stereocenters. The molecule has 0 aliphatic carbocycles. The van der Waals surface area contributed by atoms with Gasteiger partial charge in [0.05, 0.1) is 21.6 Å². The fourth-order valence-electron chi connectivity index (χ4n) is 3.63. The number of halogens is 4. The first-order valence-corrected chi connectivity index (χ1v) is 12.2. The summed E-state index contributed by atoms with van der Waals surface area (Å²) in [5.41, 5.74) is 1.87. The Bertz CT molecular complexity index is 1640. The lowest BCUT2D eigenvalue weighted by Crippen LogP contribution is -2.20. The molecule has 0 bridgehead atoms. The summed E-state index contributed by atoms with van der Waals surface area (Å²) in [5, 5.41) is 9.48. The van der Waals surface area contributed by atoms with Crippen LogP contribution in [-0.2, 0) is 6.18 Å². The average Bonchev–Trinajstić information content (AvgIpc) is 3.54. The van der Waals surface area contributed by atoms with Crippen molar-refractivity contribution in [3.05, 3.63) is 94.7 Å². The van der Waals surface area contributed by atoms with E-state index < -0.39 is 22.8 Å². The summed E-state index contributed by atoms with van der Waals surface area (Å²) in [5.74, 6) is -0.293. The summed E-state index contributed by atoms with van der Waals surface area (Å²) in [6.45, 7) is 0. The third-order valence-corrected chi connectivity index (χ3v) is 6.41. The van der Waals surface area contributed by atoms with E-state index in [-0.39, 0.29) is 11.6 Å². The van der Waals surface area contributed by atoms with E-state index in [0.29, 0.717) is 21.9 Å². The first-order chi connectivity index (χ1) is 18.2. The molecule has 0 fully saturated rings. The summed E-state index contributed by atoms with van der Waals surface area (Å²) in [7, 11) is 0. The smallest absolute Gasteiger partial charge is 0.308 e. The Morgan fingerprint density at radius 2 is 1.63 bits per heavy atom. The van der Waals surface area contributed by atoms with Crippen LogP contribution in [0.5, 0.6) is 0 Å². The number of benzene rings is 3. The normalized spacial score (nSPS) is 11.4. The van der Waals surface area contributed by atoms with Gasteiger partial charge in [-0.15, -0.1) is 11.3 Å². The van der Waals surface area contributed by atoms with Crippen molar-refractivity contribution in [2.24, 2.45) is 0 Å². The fourth-order valence-corrected chi connectivity index (χ4v) is 4.38. The maximum atomic E-state index is 13.1. The minimum absolute atomic E-state index is 0.0552. The lowest BCUT2D eigenvalue weighted by atomic mass is 10.2. The van der Waals surface area contributed by atoms with Gasteiger partial charge in [-0.25, -0.2) is 14.8 Å². The van der Waals surface area contributed by atoms with Crippen LogP contribution in [0.15, 0.2) is 78.6 Å². The van der Waals surface area contributed by atoms with Gasteiger partial charge in [0, 0.05) is 34.2 Å². The van der Waals surface area contributed by atoms with Crippen molar-refractivity contribution >= 4 is 62.4 Å². The Hall–Kier alpha value is -4.42. The van der Waals surface area contributed by atoms with Gasteiger partial charge < -0.3 is 10.6 Å². The second-order valence-corrected chi connectivity index (χ2v) is 9.23. The molecule has 0 saturated heterocycles. The van der Waals surface area contributed by atoms with E-state index in [2.05, 4.69) is 25.9 Å². The number of nitrogens with zero attached hydrogens (tertiary/aromatic N) is 3. The molecule has 3 aromatic carbocycles. The van der Waals surface area contributed by atoms with Gasteiger partial charge in [0.2, 0.25) is 0 Å². The standard InChI is InChI=1S/C25H16ClF3N6O2S/c26-19-7-4-16(12-18(19)25(27,28)29)33-23(37)32-15-2-5-17(6-3-15)35-13-31-20-11-14(1-8-21(20)35)22(36)34-24-30-9-10-38-24/h1-13H,(H,30,34,36)(H2,32,33,37). The summed E-state index contributed by atoms with van der Waals surface area (Å²) < 4.78 is 41.0. The highest BCUT2D eigenvalue weighted by Gasteiger charge is 2.33. The second-order valence-electron chi connectivity index (χ2n) is 7.93. The van der Waals surface area contributed by atoms with Crippen LogP contribution in [0.4, 0.5) is 34.5 Å². The lowest BCUT2D eigenvalue weighted by Gasteiger charge is -2.12. The Labute approximate surface area is 222 Å². The van der Waals surface area contributed by atoms with Crippen LogP contribution in [0.25, 0.3) is 16.7 Å². The maximum absolute atomic E-state index is 13.1. The quantitative estimate of drug-likeness (QED) is 0.216. The van der Waals surface area contributed by atoms with Crippen LogP contribution in [0, 0.1) is 0 Å². The van der Waals surface area contributed by atoms with Crippen LogP contribution in [0.2, 0.25) is 5.02 Å². The Kier molecular flexibility index (Phi) is 6.74. The number of thiazole rings is 1. The first-order valence-electron chi connectivity index (χ1n) is 10.9. The van der Waals surface area contributed by atoms with Crippen molar-refractivity contribution in [1.82, 2.24) is 14.5 Å². The predicted octanol–water partition coefficient (Wildman–Crippen LogP) is 7.05. The van der Waals surface area contributed by atoms with Gasteiger partial charge in [-0.05, 0) is 60.7 Å². The molecule has 0 radical (unpaired) electrons. The minimum atomic E-state index is -4.64. The van der Waals surface area contributed by atoms with Gasteiger partial charge in [-0.2, -0.15) is 13.2 Å². The molecule has 2 aromatic heterocycles. The topological polar surface area (TPSA) is 101 Å². The molecule has 0 aliphatic rings. The van der Waals surface area contributed by atoms with Gasteiger partial charge in [0.15, 0.2) is 5.13 Å². The minimum Gasteiger partial charge on any atom is -0.308 e. The van der Waals surface area contributed by atoms with E-state index in [9.17, 15) is 22.8 Å². The number of hydrogen-bond acceptors (Lipinski definition) is 5. The summed E-state index contributed by atoms with van der Waals surface area (Å²) >= 11 is 6.93. The molecule has 5 rings (SSSR count). The van der Waals surface area contributed by atoms with Crippen molar-refractivity contribution < 1.29 is 22.8 Å². The number of carbonyl (C=O) groups excluding carboxylic acids is 2. The second kappa shape index (κ2) is 10.1. The Morgan fingerprint density at radius 3 is 2.34 bits per heavy atom. The number of fused-ring (bicyclic) bond motifs is 1. The summed E-state index contributed by atoms with van der Waals surface area (Å²) in [6, 6.07) is 14.3. The molecular weight excluding hydrogens is 541 g/mol. The number of carbonyl (C=O) groups is 2. The average molecular weight is 557 g/mol. The van der Waals surface area contributed by atoms with E-state index >= 15 is 0 Å². The van der Waals surface area contributed by atoms with Crippen LogP contribution in [-0.4, -0.2) is 26.5 Å². The van der Waals surface area contributed by atoms with E-state index in [1.165, 1.54) is 17.4 Å². The number of hydrogen-bond donors (Lipinski definition) is 3. The zero-order chi connectivity index (χ0) is 26.9. The largest absolute Gasteiger partial charge is 0.417 e. The van der Waals surface area contributed by atoms with Crippen molar-refractivity contribution in [2.75, 3.05) is 16.0 Å². The van der Waals surface area contributed by atoms with Crippen LogP contribution in [0.3, 0.4) is 0 Å². The van der Waals surface area contributed by atoms with E-state index in [1.807, 2.05) is 4.57 Å². The molecule has 0 aliphatic heterocycles. The van der Waals surface area contributed by atoms with Gasteiger partial charge in [0.25, 0.3) is 5.91 Å². The molecule has 0 unspecified atom stereocenters. The number of imidazole rings is 1. The third kappa shape index (κ3) is 5.45. The van der Waals surface area contributed by atoms with Crippen molar-refractivity contribution in [3.8, 4) is 5.69 Å². The fraction of sp³-hybridized carbons (Fsp3) is 0.0400. The summed E-state index contributed by atoms with van der Waals surface area (Å²) in [6.07, 6.45) is -1.43. The molecular formula is C25H16ClF3N6O2S. The summed E-state index contributed by atoms with van der Waals surface area (Å²) in [4.78, 5) is 33.2. The highest BCUT2D eigenvalue weighted by molar-refractivity contribution is 7.13. The maximum Gasteiger partial charge on any atom is 0.417 e. The SMILES string of the molecule is O=C(Nc1ccc(-n2cnc3cc(C(=O)Nc4nccs4)ccc32)cc1)Nc1ccc(Cl)c(C(F)(F)F)c1. The molecule has 0 spiro atoms. The zero-order valence-electron chi connectivity index (χ0n) is 19.1. The first kappa shape index (κ1) is 25.2. The molecule has 0 saturated carbocycles. The number of alkyl halides is 3. The molecule has 38 heavy (non-hydrogen) atoms. The van der Waals surface area contributed by atoms with Gasteiger partial charge in [-0.1, -0.05) is 11.6 Å². The molecule has 5 aromatic rings. The monoisotopic (exact) mass is 556 g/mol. The van der Waals surface area contributed by atoms with E-state index in [4.69, 9.17) is 11.6 Å². The van der Waals surface area contributed by atoms with Crippen LogP contribution < -0.4 is 16.0 Å². The predicted molar refractivity (Wildman–Crippen MR) is 140 cm³/mol. The van der Waals surface area contributed by atoms with Crippen molar-refractivity contribution in [1.29, 1.82) is 0 Å². The number of urea groups is 1. The molecule has 3 N–H and O–H groups in total. The van der Waals surface area contributed by atoms with Gasteiger partial charge >= 0.3 is 12.2 Å². The number of anilines is 3. The number of nitrogens with one attached hydrogen (secondary N) is 3. The third-order valence-electron chi connectivity index (χ3n) is 5.40. The zero-order valence-corrected chi connectivity index (χ0v) is 20.7. The van der Waals surface area contributed by atoms with Crippen molar-refractivity contribution in [3.63, 3.8) is 0 Å². The van der Waals surface area contributed by atoms with Crippen LogP contribution >= 0.6 is 22.9 Å². The highest BCUT2D eigenvalue weighted by atomic mass is 35.5. The van der Waals surface area contributed by atoms with Gasteiger partial charge in [0.1, 0.15) is 6.33 Å². The number of aromatic nitrogens is 3. The van der Waals surface area contributed by atoms with Crippen molar-refractivity contribution in [2.45, 2.75) is 6.18 Å². The van der Waals surface area contributed by atoms with Crippen LogP contribution in [0.1, 0.15) is 15.9 Å². The Balaban J connectivity index is 1.27.